The second-order valence-corrected chi connectivity index (χ2v) is 3.78. The summed E-state index contributed by atoms with van der Waals surface area (Å²) in [7, 11) is 0. The van der Waals surface area contributed by atoms with Crippen LogP contribution in [0.3, 0.4) is 0 Å². The first-order valence-corrected chi connectivity index (χ1v) is 4.91. The third kappa shape index (κ3) is 1.44. The van der Waals surface area contributed by atoms with E-state index in [9.17, 15) is 0 Å². The normalized spacial score (nSPS) is 21.1. The number of nitrogens with two attached hydrogens (primary N) is 1. The number of hydrogen-bond donors (Lipinski definition) is 1. The fraction of sp³-hybridized carbons (Fsp3) is 0.300. The fourth-order valence-electron chi connectivity index (χ4n) is 1.62. The van der Waals surface area contributed by atoms with E-state index in [4.69, 9.17) is 17.3 Å². The summed E-state index contributed by atoms with van der Waals surface area (Å²) in [6.45, 7) is 2.81. The van der Waals surface area contributed by atoms with Crippen LogP contribution in [-0.2, 0) is 0 Å². The van der Waals surface area contributed by atoms with E-state index in [-0.39, 0.29) is 6.04 Å². The molecule has 1 aromatic carbocycles. The summed E-state index contributed by atoms with van der Waals surface area (Å²) in [5, 5.41) is 0.708. The van der Waals surface area contributed by atoms with Gasteiger partial charge in [0.15, 0.2) is 5.96 Å². The van der Waals surface area contributed by atoms with Crippen LogP contribution < -0.4 is 10.6 Å². The molecule has 1 unspecified atom stereocenters. The van der Waals surface area contributed by atoms with Gasteiger partial charge in [-0.05, 0) is 19.1 Å². The molecule has 0 saturated heterocycles. The monoisotopic (exact) mass is 209 g/mol. The zero-order valence-electron chi connectivity index (χ0n) is 7.94. The fourth-order valence-corrected chi connectivity index (χ4v) is 1.84. The number of anilines is 1. The number of benzene rings is 1. The topological polar surface area (TPSA) is 41.6 Å². The smallest absolute Gasteiger partial charge is 0.196 e. The van der Waals surface area contributed by atoms with Crippen molar-refractivity contribution in [2.75, 3.05) is 11.4 Å². The van der Waals surface area contributed by atoms with E-state index >= 15 is 0 Å². The first-order chi connectivity index (χ1) is 6.70. The molecule has 3 nitrogen and oxygen atoms in total. The van der Waals surface area contributed by atoms with Gasteiger partial charge in [0.2, 0.25) is 0 Å². The Bertz CT molecular complexity index is 375. The molecule has 14 heavy (non-hydrogen) atoms. The minimum atomic E-state index is 0.287. The van der Waals surface area contributed by atoms with Gasteiger partial charge in [-0.2, -0.15) is 0 Å². The van der Waals surface area contributed by atoms with Crippen molar-refractivity contribution in [1.29, 1.82) is 0 Å². The molecule has 1 aliphatic rings. The Morgan fingerprint density at radius 1 is 1.50 bits per heavy atom. The maximum Gasteiger partial charge on any atom is 0.196 e. The molecule has 1 aromatic rings. The van der Waals surface area contributed by atoms with Gasteiger partial charge < -0.3 is 10.6 Å². The predicted molar refractivity (Wildman–Crippen MR) is 59.9 cm³/mol. The van der Waals surface area contributed by atoms with Crippen LogP contribution in [0, 0.1) is 0 Å². The Hall–Kier alpha value is -1.22. The van der Waals surface area contributed by atoms with Crippen molar-refractivity contribution in [3.8, 4) is 0 Å². The molecule has 1 heterocycles. The lowest BCUT2D eigenvalue weighted by atomic mass is 10.2. The van der Waals surface area contributed by atoms with Crippen molar-refractivity contribution in [2.45, 2.75) is 13.0 Å². The lowest BCUT2D eigenvalue weighted by molar-refractivity contribution is 0.784. The summed E-state index contributed by atoms with van der Waals surface area (Å²) < 4.78 is 0. The van der Waals surface area contributed by atoms with Gasteiger partial charge >= 0.3 is 0 Å². The summed E-state index contributed by atoms with van der Waals surface area (Å²) in [4.78, 5) is 6.14. The average Bonchev–Trinajstić information content (AvgIpc) is 2.48. The summed E-state index contributed by atoms with van der Waals surface area (Å²) in [6, 6.07) is 7.94. The quantitative estimate of drug-likeness (QED) is 0.767. The molecule has 0 amide bonds. The van der Waals surface area contributed by atoms with E-state index in [0.717, 1.165) is 12.2 Å². The van der Waals surface area contributed by atoms with Crippen LogP contribution in [0.2, 0.25) is 5.02 Å². The van der Waals surface area contributed by atoms with Gasteiger partial charge in [-0.1, -0.05) is 23.7 Å². The number of rotatable bonds is 1. The summed E-state index contributed by atoms with van der Waals surface area (Å²) in [6.07, 6.45) is 0. The number of halogens is 1. The highest BCUT2D eigenvalue weighted by molar-refractivity contribution is 6.33. The van der Waals surface area contributed by atoms with Crippen molar-refractivity contribution in [1.82, 2.24) is 0 Å². The molecular weight excluding hydrogens is 198 g/mol. The maximum absolute atomic E-state index is 6.08. The molecule has 0 bridgehead atoms. The molecule has 2 N–H and O–H groups in total. The molecule has 0 radical (unpaired) electrons. The van der Waals surface area contributed by atoms with Crippen LogP contribution in [0.1, 0.15) is 6.92 Å². The highest BCUT2D eigenvalue weighted by atomic mass is 35.5. The number of para-hydroxylation sites is 1. The minimum Gasteiger partial charge on any atom is -0.370 e. The Morgan fingerprint density at radius 2 is 2.21 bits per heavy atom. The standard InChI is InChI=1S/C10H12ClN3/c1-7-6-13-10(12)14(7)9-5-3-2-4-8(9)11/h2-5,7H,6H2,1H3,(H2,12,13). The molecule has 1 atom stereocenters. The largest absolute Gasteiger partial charge is 0.370 e. The molecule has 4 heteroatoms. The molecule has 0 spiro atoms. The van der Waals surface area contributed by atoms with Crippen LogP contribution in [0.5, 0.6) is 0 Å². The van der Waals surface area contributed by atoms with Crippen molar-refractivity contribution in [3.63, 3.8) is 0 Å². The Morgan fingerprint density at radius 3 is 2.79 bits per heavy atom. The van der Waals surface area contributed by atoms with Crippen molar-refractivity contribution >= 4 is 23.2 Å². The van der Waals surface area contributed by atoms with Crippen LogP contribution in [0.15, 0.2) is 29.3 Å². The number of guanidine groups is 1. The molecule has 74 valence electrons. The molecule has 0 saturated carbocycles. The van der Waals surface area contributed by atoms with Gasteiger partial charge in [0.1, 0.15) is 0 Å². The van der Waals surface area contributed by atoms with E-state index in [1.165, 1.54) is 0 Å². The molecular formula is C10H12ClN3. The Balaban J connectivity index is 2.40. The SMILES string of the molecule is CC1CN=C(N)N1c1ccccc1Cl. The molecule has 0 fully saturated rings. The van der Waals surface area contributed by atoms with Crippen LogP contribution in [-0.4, -0.2) is 18.5 Å². The van der Waals surface area contributed by atoms with Gasteiger partial charge in [0.05, 0.1) is 23.3 Å². The Labute approximate surface area is 88.2 Å². The third-order valence-electron chi connectivity index (χ3n) is 2.32. The molecule has 1 aliphatic heterocycles. The first kappa shape index (κ1) is 9.34. The summed E-state index contributed by atoms with van der Waals surface area (Å²) in [5.74, 6) is 0.547. The van der Waals surface area contributed by atoms with Gasteiger partial charge in [-0.25, -0.2) is 0 Å². The van der Waals surface area contributed by atoms with Crippen molar-refractivity contribution in [3.05, 3.63) is 29.3 Å². The lowest BCUT2D eigenvalue weighted by Gasteiger charge is -2.24. The third-order valence-corrected chi connectivity index (χ3v) is 2.64. The molecule has 2 rings (SSSR count). The van der Waals surface area contributed by atoms with Crippen molar-refractivity contribution in [2.24, 2.45) is 10.7 Å². The van der Waals surface area contributed by atoms with Gasteiger partial charge in [0, 0.05) is 0 Å². The summed E-state index contributed by atoms with van der Waals surface area (Å²) >= 11 is 6.08. The highest BCUT2D eigenvalue weighted by Crippen LogP contribution is 2.28. The van der Waals surface area contributed by atoms with Gasteiger partial charge in [0.25, 0.3) is 0 Å². The molecule has 0 aliphatic carbocycles. The minimum absolute atomic E-state index is 0.287. The Kier molecular flexibility index (Phi) is 2.33. The number of hydrogen-bond acceptors (Lipinski definition) is 3. The van der Waals surface area contributed by atoms with Crippen LogP contribution >= 0.6 is 11.6 Å². The van der Waals surface area contributed by atoms with E-state index < -0.39 is 0 Å². The van der Waals surface area contributed by atoms with Crippen LogP contribution in [0.4, 0.5) is 5.69 Å². The van der Waals surface area contributed by atoms with E-state index in [1.807, 2.05) is 29.2 Å². The molecule has 0 aromatic heterocycles. The van der Waals surface area contributed by atoms with E-state index in [1.54, 1.807) is 0 Å². The second kappa shape index (κ2) is 3.50. The maximum atomic E-state index is 6.08. The van der Waals surface area contributed by atoms with Crippen molar-refractivity contribution < 1.29 is 0 Å². The van der Waals surface area contributed by atoms with Gasteiger partial charge in [-0.3, -0.25) is 4.99 Å². The van der Waals surface area contributed by atoms with Gasteiger partial charge in [-0.15, -0.1) is 0 Å². The summed E-state index contributed by atoms with van der Waals surface area (Å²) in [5.41, 5.74) is 6.72. The zero-order valence-corrected chi connectivity index (χ0v) is 8.70. The lowest BCUT2D eigenvalue weighted by Crippen LogP contribution is -2.39. The van der Waals surface area contributed by atoms with Crippen LogP contribution in [0.25, 0.3) is 0 Å². The highest BCUT2D eigenvalue weighted by Gasteiger charge is 2.24. The first-order valence-electron chi connectivity index (χ1n) is 4.54. The zero-order chi connectivity index (χ0) is 10.1. The second-order valence-electron chi connectivity index (χ2n) is 3.37. The average molecular weight is 210 g/mol. The van der Waals surface area contributed by atoms with E-state index in [0.29, 0.717) is 11.0 Å². The number of aliphatic imine (C=N–C) groups is 1. The number of nitrogens with zero attached hydrogens (tertiary/aromatic N) is 2. The predicted octanol–water partition coefficient (Wildman–Crippen LogP) is 1.86. The van der Waals surface area contributed by atoms with E-state index in [2.05, 4.69) is 11.9 Å².